The summed E-state index contributed by atoms with van der Waals surface area (Å²) < 4.78 is 0. The van der Waals surface area contributed by atoms with Gasteiger partial charge in [-0.2, -0.15) is 0 Å². The lowest BCUT2D eigenvalue weighted by Crippen LogP contribution is -2.34. The Balaban J connectivity index is 2.14. The van der Waals surface area contributed by atoms with Crippen LogP contribution in [0, 0.1) is 0 Å². The van der Waals surface area contributed by atoms with Gasteiger partial charge in [0.2, 0.25) is 0 Å². The topological polar surface area (TPSA) is 15.3 Å². The molecule has 0 bridgehead atoms. The molecule has 2 nitrogen and oxygen atoms in total. The molecule has 1 atom stereocenters. The van der Waals surface area contributed by atoms with Crippen LogP contribution in [-0.2, 0) is 0 Å². The third kappa shape index (κ3) is 2.51. The van der Waals surface area contributed by atoms with Gasteiger partial charge in [0.25, 0.3) is 0 Å². The van der Waals surface area contributed by atoms with Crippen molar-refractivity contribution in [1.82, 2.24) is 10.2 Å². The van der Waals surface area contributed by atoms with E-state index in [1.54, 1.807) is 0 Å². The van der Waals surface area contributed by atoms with Crippen LogP contribution in [0.1, 0.15) is 24.6 Å². The molecule has 1 N–H and O–H groups in total. The summed E-state index contributed by atoms with van der Waals surface area (Å²) in [4.78, 5) is 2.48. The van der Waals surface area contributed by atoms with Gasteiger partial charge < -0.3 is 5.32 Å². The Bertz CT molecular complexity index is 304. The molecule has 1 unspecified atom stereocenters. The second-order valence-electron chi connectivity index (χ2n) is 3.99. The minimum atomic E-state index is 0.338. The van der Waals surface area contributed by atoms with Gasteiger partial charge in [-0.1, -0.05) is 23.7 Å². The molecular formula is C12H17ClN2. The van der Waals surface area contributed by atoms with E-state index in [2.05, 4.69) is 22.3 Å². The van der Waals surface area contributed by atoms with E-state index < -0.39 is 0 Å². The van der Waals surface area contributed by atoms with Crippen LogP contribution >= 0.6 is 11.6 Å². The monoisotopic (exact) mass is 224 g/mol. The van der Waals surface area contributed by atoms with Crippen LogP contribution in [-0.4, -0.2) is 25.0 Å². The number of nitrogens with zero attached hydrogens (tertiary/aromatic N) is 1. The molecule has 1 aromatic carbocycles. The van der Waals surface area contributed by atoms with E-state index in [-0.39, 0.29) is 0 Å². The Hall–Kier alpha value is -0.570. The fraction of sp³-hybridized carbons (Fsp3) is 0.500. The van der Waals surface area contributed by atoms with Crippen LogP contribution in [0.15, 0.2) is 24.3 Å². The van der Waals surface area contributed by atoms with Crippen molar-refractivity contribution in [3.8, 4) is 0 Å². The minimum absolute atomic E-state index is 0.338. The third-order valence-electron chi connectivity index (χ3n) is 2.96. The average Bonchev–Trinajstić information content (AvgIpc) is 2.75. The molecule has 1 aliphatic heterocycles. The molecule has 1 saturated heterocycles. The lowest BCUT2D eigenvalue weighted by molar-refractivity contribution is 0.217. The van der Waals surface area contributed by atoms with E-state index in [1.165, 1.54) is 31.5 Å². The maximum absolute atomic E-state index is 5.89. The minimum Gasteiger partial charge on any atom is -0.301 e. The quantitative estimate of drug-likeness (QED) is 0.849. The van der Waals surface area contributed by atoms with Gasteiger partial charge in [-0.05, 0) is 50.7 Å². The SMILES string of the molecule is CNC(c1ccc(Cl)cc1)N1CCCC1. The van der Waals surface area contributed by atoms with Gasteiger partial charge in [-0.25, -0.2) is 0 Å². The van der Waals surface area contributed by atoms with Crippen molar-refractivity contribution in [2.45, 2.75) is 19.0 Å². The number of hydrogen-bond donors (Lipinski definition) is 1. The molecule has 0 aliphatic carbocycles. The van der Waals surface area contributed by atoms with Gasteiger partial charge in [0, 0.05) is 5.02 Å². The van der Waals surface area contributed by atoms with Crippen LogP contribution in [0.2, 0.25) is 5.02 Å². The summed E-state index contributed by atoms with van der Waals surface area (Å²) in [5.41, 5.74) is 1.30. The van der Waals surface area contributed by atoms with E-state index in [4.69, 9.17) is 11.6 Å². The molecule has 2 rings (SSSR count). The number of hydrogen-bond acceptors (Lipinski definition) is 2. The molecule has 0 aromatic heterocycles. The van der Waals surface area contributed by atoms with E-state index in [0.717, 1.165) is 5.02 Å². The Morgan fingerprint density at radius 3 is 2.33 bits per heavy atom. The van der Waals surface area contributed by atoms with E-state index in [9.17, 15) is 0 Å². The highest BCUT2D eigenvalue weighted by Gasteiger charge is 2.21. The first-order valence-corrected chi connectivity index (χ1v) is 5.86. The molecule has 1 fully saturated rings. The maximum Gasteiger partial charge on any atom is 0.0858 e. The second-order valence-corrected chi connectivity index (χ2v) is 4.42. The standard InChI is InChI=1S/C12H17ClN2/c1-14-12(15-8-2-3-9-15)10-4-6-11(13)7-5-10/h4-7,12,14H,2-3,8-9H2,1H3. The molecule has 0 radical (unpaired) electrons. The molecule has 82 valence electrons. The first kappa shape index (κ1) is 10.9. The van der Waals surface area contributed by atoms with Crippen molar-refractivity contribution in [3.63, 3.8) is 0 Å². The number of halogens is 1. The number of benzene rings is 1. The highest BCUT2D eigenvalue weighted by atomic mass is 35.5. The summed E-state index contributed by atoms with van der Waals surface area (Å²) in [7, 11) is 2.01. The molecule has 15 heavy (non-hydrogen) atoms. The predicted molar refractivity (Wildman–Crippen MR) is 64.1 cm³/mol. The second kappa shape index (κ2) is 4.97. The first-order chi connectivity index (χ1) is 7.31. The predicted octanol–water partition coefficient (Wildman–Crippen LogP) is 2.65. The lowest BCUT2D eigenvalue weighted by Gasteiger charge is -2.27. The molecule has 0 spiro atoms. The fourth-order valence-electron chi connectivity index (χ4n) is 2.20. The van der Waals surface area contributed by atoms with E-state index in [0.29, 0.717) is 6.17 Å². The largest absolute Gasteiger partial charge is 0.301 e. The summed E-state index contributed by atoms with van der Waals surface area (Å²) in [5, 5.41) is 4.16. The van der Waals surface area contributed by atoms with Crippen molar-refractivity contribution in [3.05, 3.63) is 34.9 Å². The van der Waals surface area contributed by atoms with Gasteiger partial charge in [-0.3, -0.25) is 4.90 Å². The molecule has 1 aliphatic rings. The summed E-state index contributed by atoms with van der Waals surface area (Å²) in [5.74, 6) is 0. The van der Waals surface area contributed by atoms with Crippen molar-refractivity contribution in [2.24, 2.45) is 0 Å². The van der Waals surface area contributed by atoms with Gasteiger partial charge in [0.05, 0.1) is 6.17 Å². The molecule has 1 heterocycles. The zero-order valence-corrected chi connectivity index (χ0v) is 9.80. The number of likely N-dealkylation sites (tertiary alicyclic amines) is 1. The Kier molecular flexibility index (Phi) is 3.62. The Labute approximate surface area is 96.2 Å². The van der Waals surface area contributed by atoms with Crippen LogP contribution in [0.4, 0.5) is 0 Å². The normalized spacial score (nSPS) is 19.3. The number of nitrogens with one attached hydrogen (secondary N) is 1. The van der Waals surface area contributed by atoms with Gasteiger partial charge in [0.15, 0.2) is 0 Å². The van der Waals surface area contributed by atoms with Gasteiger partial charge in [-0.15, -0.1) is 0 Å². The molecule has 1 aromatic rings. The van der Waals surface area contributed by atoms with Gasteiger partial charge >= 0.3 is 0 Å². The van der Waals surface area contributed by atoms with Crippen LogP contribution < -0.4 is 5.32 Å². The van der Waals surface area contributed by atoms with Crippen molar-refractivity contribution >= 4 is 11.6 Å². The van der Waals surface area contributed by atoms with Crippen LogP contribution in [0.3, 0.4) is 0 Å². The smallest absolute Gasteiger partial charge is 0.0858 e. The third-order valence-corrected chi connectivity index (χ3v) is 3.22. The van der Waals surface area contributed by atoms with Crippen LogP contribution in [0.25, 0.3) is 0 Å². The molecule has 3 heteroatoms. The zero-order chi connectivity index (χ0) is 10.7. The van der Waals surface area contributed by atoms with E-state index in [1.807, 2.05) is 19.2 Å². The molecule has 0 amide bonds. The summed E-state index contributed by atoms with van der Waals surface area (Å²) >= 11 is 5.89. The summed E-state index contributed by atoms with van der Waals surface area (Å²) in [6, 6.07) is 8.11. The lowest BCUT2D eigenvalue weighted by atomic mass is 10.1. The maximum atomic E-state index is 5.89. The Morgan fingerprint density at radius 1 is 1.20 bits per heavy atom. The highest BCUT2D eigenvalue weighted by Crippen LogP contribution is 2.23. The summed E-state index contributed by atoms with van der Waals surface area (Å²) in [6.07, 6.45) is 2.96. The van der Waals surface area contributed by atoms with Crippen molar-refractivity contribution in [2.75, 3.05) is 20.1 Å². The first-order valence-electron chi connectivity index (χ1n) is 5.48. The van der Waals surface area contributed by atoms with Crippen molar-refractivity contribution < 1.29 is 0 Å². The average molecular weight is 225 g/mol. The zero-order valence-electron chi connectivity index (χ0n) is 9.04. The van der Waals surface area contributed by atoms with Crippen molar-refractivity contribution in [1.29, 1.82) is 0 Å². The molecule has 0 saturated carbocycles. The highest BCUT2D eigenvalue weighted by molar-refractivity contribution is 6.30. The fourth-order valence-corrected chi connectivity index (χ4v) is 2.33. The Morgan fingerprint density at radius 2 is 1.80 bits per heavy atom. The van der Waals surface area contributed by atoms with E-state index >= 15 is 0 Å². The van der Waals surface area contributed by atoms with Gasteiger partial charge in [0.1, 0.15) is 0 Å². The molecular weight excluding hydrogens is 208 g/mol. The van der Waals surface area contributed by atoms with Crippen LogP contribution in [0.5, 0.6) is 0 Å². The number of rotatable bonds is 3. The summed E-state index contributed by atoms with van der Waals surface area (Å²) in [6.45, 7) is 2.38.